The van der Waals surface area contributed by atoms with E-state index in [4.69, 9.17) is 9.47 Å². The van der Waals surface area contributed by atoms with Gasteiger partial charge in [-0.1, -0.05) is 6.92 Å². The Morgan fingerprint density at radius 2 is 2.09 bits per heavy atom. The first-order valence-electron chi connectivity index (χ1n) is 8.00. The van der Waals surface area contributed by atoms with Crippen molar-refractivity contribution in [2.45, 2.75) is 19.8 Å². The van der Waals surface area contributed by atoms with Gasteiger partial charge in [0.2, 0.25) is 6.79 Å². The third kappa shape index (κ3) is 2.81. The summed E-state index contributed by atoms with van der Waals surface area (Å²) in [6, 6.07) is 9.86. The highest BCUT2D eigenvalue weighted by molar-refractivity contribution is 7.17. The highest BCUT2D eigenvalue weighted by Gasteiger charge is 2.23. The Morgan fingerprint density at radius 3 is 2.96 bits per heavy atom. The van der Waals surface area contributed by atoms with E-state index >= 15 is 0 Å². The first kappa shape index (κ1) is 14.6. The Balaban J connectivity index is 1.55. The Hall–Kier alpha value is -2.01. The van der Waals surface area contributed by atoms with E-state index in [0.29, 0.717) is 5.92 Å². The number of hydrogen-bond acceptors (Lipinski definition) is 4. The quantitative estimate of drug-likeness (QED) is 0.835. The molecule has 0 aliphatic carbocycles. The predicted octanol–water partition coefficient (Wildman–Crippen LogP) is 4.02. The molecular weight excluding hydrogens is 310 g/mol. The normalized spacial score (nSPS) is 19.9. The lowest BCUT2D eigenvalue weighted by Crippen LogP contribution is -2.38. The molecule has 120 valence electrons. The minimum atomic E-state index is 0.161. The number of piperidine rings is 1. The van der Waals surface area contributed by atoms with Gasteiger partial charge in [-0.05, 0) is 54.7 Å². The van der Waals surface area contributed by atoms with Crippen molar-refractivity contribution in [1.82, 2.24) is 4.90 Å². The molecule has 3 heterocycles. The molecule has 0 saturated carbocycles. The lowest BCUT2D eigenvalue weighted by atomic mass is 10.0. The average molecular weight is 329 g/mol. The number of hydrogen-bond donors (Lipinski definition) is 0. The monoisotopic (exact) mass is 329 g/mol. The topological polar surface area (TPSA) is 38.8 Å². The van der Waals surface area contributed by atoms with Crippen LogP contribution in [0.3, 0.4) is 0 Å². The van der Waals surface area contributed by atoms with Crippen molar-refractivity contribution in [3.8, 4) is 21.9 Å². The van der Waals surface area contributed by atoms with Crippen molar-refractivity contribution in [3.63, 3.8) is 0 Å². The van der Waals surface area contributed by atoms with Gasteiger partial charge in [0.1, 0.15) is 0 Å². The molecule has 0 spiro atoms. The van der Waals surface area contributed by atoms with E-state index in [2.05, 4.69) is 6.92 Å². The average Bonchev–Trinajstić information content (AvgIpc) is 3.22. The zero-order valence-corrected chi connectivity index (χ0v) is 13.9. The zero-order chi connectivity index (χ0) is 15.8. The number of amides is 1. The number of ether oxygens (including phenoxy) is 2. The largest absolute Gasteiger partial charge is 0.454 e. The predicted molar refractivity (Wildman–Crippen MR) is 90.2 cm³/mol. The molecule has 0 N–H and O–H groups in total. The molecule has 0 radical (unpaired) electrons. The van der Waals surface area contributed by atoms with Gasteiger partial charge in [0.05, 0.1) is 4.88 Å². The fraction of sp³-hybridized carbons (Fsp3) is 0.389. The third-order valence-corrected chi connectivity index (χ3v) is 5.54. The van der Waals surface area contributed by atoms with E-state index in [1.165, 1.54) is 6.42 Å². The molecule has 1 amide bonds. The molecule has 1 aromatic carbocycles. The van der Waals surface area contributed by atoms with Gasteiger partial charge in [-0.15, -0.1) is 11.3 Å². The van der Waals surface area contributed by atoms with Crippen molar-refractivity contribution in [3.05, 3.63) is 35.2 Å². The Labute approximate surface area is 139 Å². The SMILES string of the molecule is C[C@@H]1CCCN(C(=O)c2ccc(-c3ccc4c(c3)OCO4)s2)C1. The maximum Gasteiger partial charge on any atom is 0.263 e. The maximum absolute atomic E-state index is 12.7. The van der Waals surface area contributed by atoms with Crippen molar-refractivity contribution in [1.29, 1.82) is 0 Å². The minimum absolute atomic E-state index is 0.161. The first-order chi connectivity index (χ1) is 11.2. The minimum Gasteiger partial charge on any atom is -0.454 e. The van der Waals surface area contributed by atoms with E-state index < -0.39 is 0 Å². The Morgan fingerprint density at radius 1 is 1.22 bits per heavy atom. The summed E-state index contributed by atoms with van der Waals surface area (Å²) < 4.78 is 10.8. The summed E-state index contributed by atoms with van der Waals surface area (Å²) in [6.07, 6.45) is 2.32. The molecule has 4 nitrogen and oxygen atoms in total. The van der Waals surface area contributed by atoms with E-state index in [1.807, 2.05) is 35.2 Å². The smallest absolute Gasteiger partial charge is 0.263 e. The molecule has 2 aliphatic heterocycles. The first-order valence-corrected chi connectivity index (χ1v) is 8.81. The number of carbonyl (C=O) groups excluding carboxylic acids is 1. The van der Waals surface area contributed by atoms with Crippen LogP contribution in [0.2, 0.25) is 0 Å². The molecule has 0 bridgehead atoms. The van der Waals surface area contributed by atoms with Gasteiger partial charge >= 0.3 is 0 Å². The fourth-order valence-electron chi connectivity index (χ4n) is 3.19. The van der Waals surface area contributed by atoms with Gasteiger partial charge < -0.3 is 14.4 Å². The fourth-order valence-corrected chi connectivity index (χ4v) is 4.16. The summed E-state index contributed by atoms with van der Waals surface area (Å²) in [5.41, 5.74) is 1.06. The maximum atomic E-state index is 12.7. The lowest BCUT2D eigenvalue weighted by molar-refractivity contribution is 0.0688. The molecule has 2 aliphatic rings. The van der Waals surface area contributed by atoms with Crippen LogP contribution in [0, 0.1) is 5.92 Å². The number of rotatable bonds is 2. The van der Waals surface area contributed by atoms with Crippen LogP contribution >= 0.6 is 11.3 Å². The van der Waals surface area contributed by atoms with Crippen LogP contribution in [0.5, 0.6) is 11.5 Å². The van der Waals surface area contributed by atoms with Crippen LogP contribution < -0.4 is 9.47 Å². The summed E-state index contributed by atoms with van der Waals surface area (Å²) in [5.74, 6) is 2.31. The molecule has 5 heteroatoms. The summed E-state index contributed by atoms with van der Waals surface area (Å²) in [4.78, 5) is 16.6. The molecular formula is C18H19NO3S. The van der Waals surface area contributed by atoms with Gasteiger partial charge in [0.25, 0.3) is 5.91 Å². The van der Waals surface area contributed by atoms with Gasteiger partial charge in [-0.25, -0.2) is 0 Å². The molecule has 1 atom stereocenters. The summed E-state index contributed by atoms with van der Waals surface area (Å²) in [7, 11) is 0. The zero-order valence-electron chi connectivity index (χ0n) is 13.1. The third-order valence-electron chi connectivity index (χ3n) is 4.42. The number of thiophene rings is 1. The molecule has 0 unspecified atom stereocenters. The van der Waals surface area contributed by atoms with Gasteiger partial charge in [0, 0.05) is 18.0 Å². The molecule has 2 aromatic rings. The van der Waals surface area contributed by atoms with Crippen molar-refractivity contribution < 1.29 is 14.3 Å². The van der Waals surface area contributed by atoms with Crippen LogP contribution in [0.25, 0.3) is 10.4 Å². The van der Waals surface area contributed by atoms with Crippen LogP contribution in [-0.2, 0) is 0 Å². The number of carbonyl (C=O) groups is 1. The molecule has 1 saturated heterocycles. The van der Waals surface area contributed by atoms with Crippen molar-refractivity contribution in [2.24, 2.45) is 5.92 Å². The molecule has 1 fully saturated rings. The second kappa shape index (κ2) is 5.89. The van der Waals surface area contributed by atoms with Crippen molar-refractivity contribution >= 4 is 17.2 Å². The Kier molecular flexibility index (Phi) is 3.73. The Bertz CT molecular complexity index is 740. The molecule has 23 heavy (non-hydrogen) atoms. The van der Waals surface area contributed by atoms with Crippen LogP contribution in [0.4, 0.5) is 0 Å². The number of fused-ring (bicyclic) bond motifs is 1. The van der Waals surface area contributed by atoms with Crippen LogP contribution in [-0.4, -0.2) is 30.7 Å². The van der Waals surface area contributed by atoms with Crippen molar-refractivity contribution in [2.75, 3.05) is 19.9 Å². The summed E-state index contributed by atoms with van der Waals surface area (Å²) in [6.45, 7) is 4.24. The molecule has 4 rings (SSSR count). The summed E-state index contributed by atoms with van der Waals surface area (Å²) >= 11 is 1.55. The summed E-state index contributed by atoms with van der Waals surface area (Å²) in [5, 5.41) is 0. The number of benzene rings is 1. The highest BCUT2D eigenvalue weighted by atomic mass is 32.1. The van der Waals surface area contributed by atoms with E-state index in [1.54, 1.807) is 11.3 Å². The van der Waals surface area contributed by atoms with Gasteiger partial charge in [0.15, 0.2) is 11.5 Å². The van der Waals surface area contributed by atoms with E-state index in [9.17, 15) is 4.79 Å². The van der Waals surface area contributed by atoms with Gasteiger partial charge in [-0.3, -0.25) is 4.79 Å². The number of likely N-dealkylation sites (tertiary alicyclic amines) is 1. The highest BCUT2D eigenvalue weighted by Crippen LogP contribution is 2.38. The second-order valence-electron chi connectivity index (χ2n) is 6.23. The van der Waals surface area contributed by atoms with Crippen LogP contribution in [0.15, 0.2) is 30.3 Å². The van der Waals surface area contributed by atoms with Crippen LogP contribution in [0.1, 0.15) is 29.4 Å². The standard InChI is InChI=1S/C18H19NO3S/c1-12-3-2-8-19(10-12)18(20)17-7-6-16(23-17)13-4-5-14-15(9-13)22-11-21-14/h4-7,9,12H,2-3,8,10-11H2,1H3/t12-/m1/s1. The number of nitrogens with zero attached hydrogens (tertiary/aromatic N) is 1. The molecule has 1 aromatic heterocycles. The lowest BCUT2D eigenvalue weighted by Gasteiger charge is -2.30. The van der Waals surface area contributed by atoms with E-state index in [0.717, 1.165) is 46.3 Å². The second-order valence-corrected chi connectivity index (χ2v) is 7.31. The van der Waals surface area contributed by atoms with E-state index in [-0.39, 0.29) is 12.7 Å². The van der Waals surface area contributed by atoms with Gasteiger partial charge in [-0.2, -0.15) is 0 Å².